The van der Waals surface area contributed by atoms with Gasteiger partial charge in [-0.1, -0.05) is 38.1 Å². The highest BCUT2D eigenvalue weighted by Crippen LogP contribution is 2.41. The number of nitrogens with two attached hydrogens (primary N) is 1. The summed E-state index contributed by atoms with van der Waals surface area (Å²) in [5.41, 5.74) is 7.46. The molecule has 0 saturated heterocycles. The van der Waals surface area contributed by atoms with Gasteiger partial charge in [0.25, 0.3) is 0 Å². The molecule has 3 N–H and O–H groups in total. The predicted molar refractivity (Wildman–Crippen MR) is 153 cm³/mol. The van der Waals surface area contributed by atoms with Crippen molar-refractivity contribution in [3.05, 3.63) is 77.5 Å². The van der Waals surface area contributed by atoms with Gasteiger partial charge in [-0.2, -0.15) is 0 Å². The molecule has 8 nitrogen and oxygen atoms in total. The van der Waals surface area contributed by atoms with Crippen molar-refractivity contribution in [2.75, 3.05) is 0 Å². The number of hydrogen-bond acceptors (Lipinski definition) is 7. The summed E-state index contributed by atoms with van der Waals surface area (Å²) < 4.78 is 17.3. The molecule has 1 saturated carbocycles. The molecular weight excluding hydrogens is 506 g/mol. The third-order valence-electron chi connectivity index (χ3n) is 7.98. The van der Waals surface area contributed by atoms with Crippen LogP contribution in [0.2, 0.25) is 0 Å². The number of aromatic nitrogens is 2. The van der Waals surface area contributed by atoms with Crippen LogP contribution < -0.4 is 15.2 Å². The summed E-state index contributed by atoms with van der Waals surface area (Å²) in [5.74, 6) is 2.38. The van der Waals surface area contributed by atoms with Gasteiger partial charge in [-0.05, 0) is 100 Å². The zero-order valence-corrected chi connectivity index (χ0v) is 24.1. The SMILES string of the molecule is CCC(CC)(c1ccc(Oc2ccc([C@@H](C)O)nn2)cc1)c1ccc(OC2CC(CC(C)(C)OC(N)=O)C2)cc1. The highest BCUT2D eigenvalue weighted by molar-refractivity contribution is 5.65. The Hall–Kier alpha value is -3.65. The molecular formula is C32H41N3O5. The zero-order chi connectivity index (χ0) is 28.9. The van der Waals surface area contributed by atoms with Crippen molar-refractivity contribution in [3.63, 3.8) is 0 Å². The first-order valence-corrected chi connectivity index (χ1v) is 14.1. The molecule has 0 aliphatic heterocycles. The quantitative estimate of drug-likeness (QED) is 0.255. The van der Waals surface area contributed by atoms with Crippen molar-refractivity contribution in [1.82, 2.24) is 10.2 Å². The maximum Gasteiger partial charge on any atom is 0.405 e. The molecule has 1 atom stereocenters. The molecule has 8 heteroatoms. The van der Waals surface area contributed by atoms with Gasteiger partial charge in [0.05, 0.1) is 17.9 Å². The fourth-order valence-electron chi connectivity index (χ4n) is 5.80. The minimum Gasteiger partial charge on any atom is -0.490 e. The third kappa shape index (κ3) is 6.91. The normalized spacial score (nSPS) is 17.9. The number of hydrogen-bond donors (Lipinski definition) is 2. The van der Waals surface area contributed by atoms with E-state index in [4.69, 9.17) is 19.9 Å². The van der Waals surface area contributed by atoms with E-state index in [0.29, 0.717) is 23.2 Å². The largest absolute Gasteiger partial charge is 0.490 e. The van der Waals surface area contributed by atoms with Gasteiger partial charge < -0.3 is 25.1 Å². The van der Waals surface area contributed by atoms with Gasteiger partial charge in [0.1, 0.15) is 17.1 Å². The Balaban J connectivity index is 1.38. The average molecular weight is 548 g/mol. The Morgan fingerprint density at radius 1 is 0.950 bits per heavy atom. The minimum absolute atomic E-state index is 0.136. The molecule has 214 valence electrons. The molecule has 0 unspecified atom stereocenters. The highest BCUT2D eigenvalue weighted by Gasteiger charge is 2.37. The summed E-state index contributed by atoms with van der Waals surface area (Å²) in [5, 5.41) is 17.7. The summed E-state index contributed by atoms with van der Waals surface area (Å²) in [7, 11) is 0. The number of carbonyl (C=O) groups is 1. The molecule has 40 heavy (non-hydrogen) atoms. The fourth-order valence-corrected chi connectivity index (χ4v) is 5.80. The molecule has 0 radical (unpaired) electrons. The van der Waals surface area contributed by atoms with Crippen LogP contribution in [-0.4, -0.2) is 33.1 Å². The van der Waals surface area contributed by atoms with Crippen LogP contribution in [0.3, 0.4) is 0 Å². The molecule has 0 spiro atoms. The van der Waals surface area contributed by atoms with Crippen LogP contribution in [0.1, 0.15) is 89.6 Å². The first kappa shape index (κ1) is 29.3. The van der Waals surface area contributed by atoms with Crippen LogP contribution in [0, 0.1) is 5.92 Å². The van der Waals surface area contributed by atoms with Crippen molar-refractivity contribution < 1.29 is 24.1 Å². The monoisotopic (exact) mass is 547 g/mol. The van der Waals surface area contributed by atoms with E-state index in [-0.39, 0.29) is 11.5 Å². The Bertz CT molecular complexity index is 1250. The standard InChI is InChI=1S/C32H41N3O5/c1-6-32(7-2,24-10-14-26(15-11-24)39-29-17-16-28(21(3)36)34-35-29)23-8-12-25(13-9-23)38-27-18-22(19-27)20-31(4,5)40-30(33)37/h8-17,21-22,27,36H,6-7,18-20H2,1-5H3,(H2,33,37)/t21-,22?,27?/m1/s1. The third-order valence-corrected chi connectivity index (χ3v) is 7.98. The lowest BCUT2D eigenvalue weighted by Crippen LogP contribution is -2.40. The second kappa shape index (κ2) is 12.3. The maximum absolute atomic E-state index is 11.1. The molecule has 3 aromatic rings. The van der Waals surface area contributed by atoms with E-state index < -0.39 is 17.8 Å². The van der Waals surface area contributed by atoms with Gasteiger partial charge in [0, 0.05) is 11.5 Å². The Morgan fingerprint density at radius 2 is 1.52 bits per heavy atom. The van der Waals surface area contributed by atoms with Crippen LogP contribution in [0.4, 0.5) is 4.79 Å². The van der Waals surface area contributed by atoms with Gasteiger partial charge >= 0.3 is 6.09 Å². The van der Waals surface area contributed by atoms with E-state index >= 15 is 0 Å². The number of rotatable bonds is 12. The molecule has 1 amide bonds. The molecule has 1 aliphatic rings. The smallest absolute Gasteiger partial charge is 0.405 e. The zero-order valence-electron chi connectivity index (χ0n) is 24.1. The molecule has 4 rings (SSSR count). The first-order valence-electron chi connectivity index (χ1n) is 14.1. The summed E-state index contributed by atoms with van der Waals surface area (Å²) in [4.78, 5) is 11.1. The van der Waals surface area contributed by atoms with Gasteiger partial charge in [0.2, 0.25) is 5.88 Å². The summed E-state index contributed by atoms with van der Waals surface area (Å²) in [6, 6.07) is 20.0. The van der Waals surface area contributed by atoms with Gasteiger partial charge in [-0.25, -0.2) is 4.79 Å². The molecule has 2 aromatic carbocycles. The number of aliphatic hydroxyl groups excluding tert-OH is 1. The summed E-state index contributed by atoms with van der Waals surface area (Å²) in [6.07, 6.45) is 3.31. The van der Waals surface area contributed by atoms with Crippen LogP contribution in [0.5, 0.6) is 17.4 Å². The molecule has 1 heterocycles. The number of nitrogens with zero attached hydrogens (tertiary/aromatic N) is 2. The average Bonchev–Trinajstić information content (AvgIpc) is 2.89. The van der Waals surface area contributed by atoms with Crippen LogP contribution in [0.15, 0.2) is 60.7 Å². The number of amides is 1. The van der Waals surface area contributed by atoms with E-state index in [1.165, 1.54) is 11.1 Å². The first-order chi connectivity index (χ1) is 19.0. The van der Waals surface area contributed by atoms with Crippen molar-refractivity contribution >= 4 is 6.09 Å². The second-order valence-corrected chi connectivity index (χ2v) is 11.4. The minimum atomic E-state index is -0.730. The molecule has 0 bridgehead atoms. The van der Waals surface area contributed by atoms with E-state index in [9.17, 15) is 9.90 Å². The van der Waals surface area contributed by atoms with Crippen molar-refractivity contribution in [3.8, 4) is 17.4 Å². The Morgan fingerprint density at radius 3 is 2.00 bits per heavy atom. The second-order valence-electron chi connectivity index (χ2n) is 11.4. The van der Waals surface area contributed by atoms with Crippen LogP contribution >= 0.6 is 0 Å². The van der Waals surface area contributed by atoms with E-state index in [1.807, 2.05) is 26.0 Å². The lowest BCUT2D eigenvalue weighted by atomic mass is 9.70. The predicted octanol–water partition coefficient (Wildman–Crippen LogP) is 6.85. The topological polar surface area (TPSA) is 117 Å². The maximum atomic E-state index is 11.1. The molecule has 1 fully saturated rings. The van der Waals surface area contributed by atoms with Crippen LogP contribution in [-0.2, 0) is 10.2 Å². The number of ether oxygens (including phenoxy) is 3. The van der Waals surface area contributed by atoms with Crippen LogP contribution in [0.25, 0.3) is 0 Å². The Kier molecular flexibility index (Phi) is 8.98. The van der Waals surface area contributed by atoms with E-state index in [2.05, 4.69) is 60.4 Å². The summed E-state index contributed by atoms with van der Waals surface area (Å²) >= 11 is 0. The number of benzene rings is 2. The molecule has 1 aliphatic carbocycles. The lowest BCUT2D eigenvalue weighted by molar-refractivity contribution is -0.0131. The Labute approximate surface area is 236 Å². The number of aliphatic hydroxyl groups is 1. The number of carbonyl (C=O) groups excluding carboxylic acids is 1. The van der Waals surface area contributed by atoms with E-state index in [0.717, 1.165) is 37.9 Å². The number of primary amides is 1. The van der Waals surface area contributed by atoms with Gasteiger partial charge in [-0.15, -0.1) is 10.2 Å². The van der Waals surface area contributed by atoms with Crippen molar-refractivity contribution in [2.24, 2.45) is 11.7 Å². The van der Waals surface area contributed by atoms with Crippen molar-refractivity contribution in [2.45, 2.75) is 89.9 Å². The molecule has 1 aromatic heterocycles. The van der Waals surface area contributed by atoms with Crippen molar-refractivity contribution in [1.29, 1.82) is 0 Å². The van der Waals surface area contributed by atoms with Gasteiger partial charge in [-0.3, -0.25) is 0 Å². The van der Waals surface area contributed by atoms with E-state index in [1.54, 1.807) is 19.1 Å². The summed E-state index contributed by atoms with van der Waals surface area (Å²) in [6.45, 7) is 9.87. The fraction of sp³-hybridized carbons (Fsp3) is 0.469. The van der Waals surface area contributed by atoms with Gasteiger partial charge in [0.15, 0.2) is 0 Å². The lowest BCUT2D eigenvalue weighted by Gasteiger charge is -2.39. The highest BCUT2D eigenvalue weighted by atomic mass is 16.6.